The summed E-state index contributed by atoms with van der Waals surface area (Å²) in [5, 5.41) is 3.66. The van der Waals surface area contributed by atoms with Crippen molar-refractivity contribution in [2.75, 3.05) is 19.6 Å². The molecule has 0 aromatic heterocycles. The van der Waals surface area contributed by atoms with Crippen LogP contribution in [0.3, 0.4) is 0 Å². The number of nitrogens with zero attached hydrogens (tertiary/aromatic N) is 1. The van der Waals surface area contributed by atoms with Crippen LogP contribution in [-0.4, -0.2) is 36.6 Å². The second kappa shape index (κ2) is 9.77. The minimum absolute atomic E-state index is 0.687. The van der Waals surface area contributed by atoms with E-state index >= 15 is 0 Å². The third-order valence-corrected chi connectivity index (χ3v) is 4.33. The Balaban J connectivity index is 2.31. The van der Waals surface area contributed by atoms with Gasteiger partial charge in [0.05, 0.1) is 0 Å². The van der Waals surface area contributed by atoms with E-state index in [2.05, 4.69) is 37.9 Å². The summed E-state index contributed by atoms with van der Waals surface area (Å²) in [6.07, 6.45) is 9.74. The number of nitrogens with one attached hydrogen (secondary N) is 1. The Bertz CT molecular complexity index is 209. The summed E-state index contributed by atoms with van der Waals surface area (Å²) in [5.74, 6) is 0.781. The number of rotatable bonds is 10. The molecule has 2 heteroatoms. The van der Waals surface area contributed by atoms with Crippen molar-refractivity contribution in [3.8, 4) is 0 Å². The van der Waals surface area contributed by atoms with Crippen molar-refractivity contribution < 1.29 is 0 Å². The predicted octanol–water partition coefficient (Wildman–Crippen LogP) is 4.06. The zero-order valence-corrected chi connectivity index (χ0v) is 13.8. The Labute approximate surface area is 121 Å². The topological polar surface area (TPSA) is 15.3 Å². The van der Waals surface area contributed by atoms with Crippen LogP contribution >= 0.6 is 0 Å². The maximum Gasteiger partial charge on any atom is 0.0195 e. The molecule has 1 aliphatic carbocycles. The highest BCUT2D eigenvalue weighted by molar-refractivity contribution is 4.82. The molecule has 1 rings (SSSR count). The Morgan fingerprint density at radius 1 is 1.11 bits per heavy atom. The highest BCUT2D eigenvalue weighted by atomic mass is 15.2. The van der Waals surface area contributed by atoms with Gasteiger partial charge in [-0.05, 0) is 38.6 Å². The third-order valence-electron chi connectivity index (χ3n) is 4.33. The minimum Gasteiger partial charge on any atom is -0.315 e. The van der Waals surface area contributed by atoms with Crippen LogP contribution in [0.2, 0.25) is 0 Å². The summed E-state index contributed by atoms with van der Waals surface area (Å²) < 4.78 is 0. The first-order valence-electron chi connectivity index (χ1n) is 8.61. The van der Waals surface area contributed by atoms with E-state index in [1.54, 1.807) is 0 Å². The lowest BCUT2D eigenvalue weighted by atomic mass is 10.1. The van der Waals surface area contributed by atoms with E-state index in [0.717, 1.165) is 18.5 Å². The summed E-state index contributed by atoms with van der Waals surface area (Å²) in [5.41, 5.74) is 0. The van der Waals surface area contributed by atoms with Crippen molar-refractivity contribution in [3.05, 3.63) is 0 Å². The van der Waals surface area contributed by atoms with Gasteiger partial charge >= 0.3 is 0 Å². The largest absolute Gasteiger partial charge is 0.315 e. The second-order valence-corrected chi connectivity index (χ2v) is 6.79. The molecule has 0 aromatic carbocycles. The Morgan fingerprint density at radius 3 is 2.37 bits per heavy atom. The van der Waals surface area contributed by atoms with Crippen LogP contribution in [0.4, 0.5) is 0 Å². The molecule has 0 amide bonds. The summed E-state index contributed by atoms with van der Waals surface area (Å²) in [4.78, 5) is 2.78. The molecule has 1 atom stereocenters. The average Bonchev–Trinajstić information content (AvgIpc) is 2.89. The summed E-state index contributed by atoms with van der Waals surface area (Å²) in [7, 11) is 0. The maximum atomic E-state index is 3.66. The van der Waals surface area contributed by atoms with Crippen molar-refractivity contribution in [1.29, 1.82) is 0 Å². The van der Waals surface area contributed by atoms with Gasteiger partial charge in [0, 0.05) is 25.2 Å². The molecule has 19 heavy (non-hydrogen) atoms. The van der Waals surface area contributed by atoms with Gasteiger partial charge in [0.2, 0.25) is 0 Å². The summed E-state index contributed by atoms with van der Waals surface area (Å²) in [6, 6.07) is 1.54. The van der Waals surface area contributed by atoms with Gasteiger partial charge in [-0.15, -0.1) is 0 Å². The monoisotopic (exact) mass is 268 g/mol. The molecule has 0 spiro atoms. The lowest BCUT2D eigenvalue weighted by molar-refractivity contribution is 0.126. The fraction of sp³-hybridized carbons (Fsp3) is 1.00. The summed E-state index contributed by atoms with van der Waals surface area (Å²) >= 11 is 0. The van der Waals surface area contributed by atoms with Gasteiger partial charge in [-0.1, -0.05) is 46.5 Å². The first-order valence-corrected chi connectivity index (χ1v) is 8.61. The molecule has 0 aromatic rings. The van der Waals surface area contributed by atoms with Crippen LogP contribution in [0.5, 0.6) is 0 Å². The smallest absolute Gasteiger partial charge is 0.0195 e. The minimum atomic E-state index is 0.687. The number of unbranched alkanes of at least 4 members (excludes halogenated alkanes) is 2. The highest BCUT2D eigenvalue weighted by Gasteiger charge is 2.26. The fourth-order valence-corrected chi connectivity index (χ4v) is 3.27. The zero-order chi connectivity index (χ0) is 14.1. The lowest BCUT2D eigenvalue weighted by Crippen LogP contribution is -2.47. The van der Waals surface area contributed by atoms with Crippen LogP contribution in [0.25, 0.3) is 0 Å². The number of hydrogen-bond acceptors (Lipinski definition) is 2. The third kappa shape index (κ3) is 6.76. The molecule has 1 fully saturated rings. The molecule has 0 radical (unpaired) electrons. The molecule has 0 aliphatic heterocycles. The summed E-state index contributed by atoms with van der Waals surface area (Å²) in [6.45, 7) is 13.0. The second-order valence-electron chi connectivity index (χ2n) is 6.79. The van der Waals surface area contributed by atoms with E-state index in [1.165, 1.54) is 58.0 Å². The van der Waals surface area contributed by atoms with Gasteiger partial charge in [0.15, 0.2) is 0 Å². The van der Waals surface area contributed by atoms with Crippen LogP contribution in [0.1, 0.15) is 72.6 Å². The van der Waals surface area contributed by atoms with Crippen LogP contribution in [0.15, 0.2) is 0 Å². The van der Waals surface area contributed by atoms with Gasteiger partial charge in [0.25, 0.3) is 0 Å². The van der Waals surface area contributed by atoms with Gasteiger partial charge < -0.3 is 5.32 Å². The SMILES string of the molecule is CCCCCNCC(C)N(CC(C)C)C1CCCC1. The molecule has 0 bridgehead atoms. The molecule has 1 unspecified atom stereocenters. The van der Waals surface area contributed by atoms with E-state index in [0.29, 0.717) is 6.04 Å². The Hall–Kier alpha value is -0.0800. The molecule has 0 heterocycles. The van der Waals surface area contributed by atoms with Crippen molar-refractivity contribution in [1.82, 2.24) is 10.2 Å². The number of hydrogen-bond donors (Lipinski definition) is 1. The van der Waals surface area contributed by atoms with Crippen molar-refractivity contribution in [2.45, 2.75) is 84.7 Å². The molecule has 1 N–H and O–H groups in total. The van der Waals surface area contributed by atoms with Crippen molar-refractivity contribution >= 4 is 0 Å². The molecule has 114 valence electrons. The molecular formula is C17H36N2. The predicted molar refractivity (Wildman–Crippen MR) is 85.7 cm³/mol. The zero-order valence-electron chi connectivity index (χ0n) is 13.8. The molecule has 2 nitrogen and oxygen atoms in total. The average molecular weight is 268 g/mol. The lowest BCUT2D eigenvalue weighted by Gasteiger charge is -2.36. The van der Waals surface area contributed by atoms with Crippen LogP contribution in [-0.2, 0) is 0 Å². The van der Waals surface area contributed by atoms with Crippen LogP contribution < -0.4 is 5.32 Å². The van der Waals surface area contributed by atoms with E-state index in [4.69, 9.17) is 0 Å². The first kappa shape index (κ1) is 17.0. The maximum absolute atomic E-state index is 3.66. The van der Waals surface area contributed by atoms with Gasteiger partial charge in [-0.25, -0.2) is 0 Å². The van der Waals surface area contributed by atoms with Crippen LogP contribution in [0, 0.1) is 5.92 Å². The van der Waals surface area contributed by atoms with Crippen molar-refractivity contribution in [3.63, 3.8) is 0 Å². The Kier molecular flexibility index (Phi) is 8.72. The van der Waals surface area contributed by atoms with Crippen molar-refractivity contribution in [2.24, 2.45) is 5.92 Å². The Morgan fingerprint density at radius 2 is 1.79 bits per heavy atom. The van der Waals surface area contributed by atoms with Gasteiger partial charge in [0.1, 0.15) is 0 Å². The van der Waals surface area contributed by atoms with E-state index < -0.39 is 0 Å². The first-order chi connectivity index (χ1) is 9.15. The standard InChI is InChI=1S/C17H36N2/c1-5-6-9-12-18-13-16(4)19(14-15(2)3)17-10-7-8-11-17/h15-18H,5-14H2,1-4H3. The normalized spacial score (nSPS) is 18.6. The van der Waals surface area contributed by atoms with E-state index in [9.17, 15) is 0 Å². The molecule has 1 saturated carbocycles. The highest BCUT2D eigenvalue weighted by Crippen LogP contribution is 2.25. The molecule has 0 saturated heterocycles. The van der Waals surface area contributed by atoms with E-state index in [-0.39, 0.29) is 0 Å². The van der Waals surface area contributed by atoms with Gasteiger partial charge in [-0.2, -0.15) is 0 Å². The van der Waals surface area contributed by atoms with E-state index in [1.807, 2.05) is 0 Å². The quantitative estimate of drug-likeness (QED) is 0.601. The van der Waals surface area contributed by atoms with Gasteiger partial charge in [-0.3, -0.25) is 4.90 Å². The fourth-order valence-electron chi connectivity index (χ4n) is 3.27. The molecule has 1 aliphatic rings. The molecular weight excluding hydrogens is 232 g/mol.